The molecule has 0 bridgehead atoms. The molecule has 0 aliphatic carbocycles. The van der Waals surface area contributed by atoms with Crippen LogP contribution in [-0.2, 0) is 7.05 Å². The number of nitrogens with two attached hydrogens (primary N) is 1. The quantitative estimate of drug-likeness (QED) is 0.607. The van der Waals surface area contributed by atoms with Gasteiger partial charge in [0, 0.05) is 24.8 Å². The summed E-state index contributed by atoms with van der Waals surface area (Å²) in [4.78, 5) is 3.99. The number of pyridine rings is 1. The number of aromatic nitrogens is 2. The maximum atomic E-state index is 5.65. The van der Waals surface area contributed by atoms with E-state index in [1.807, 2.05) is 29.9 Å². The summed E-state index contributed by atoms with van der Waals surface area (Å²) < 4.78 is 2.02. The molecule has 0 amide bonds. The molecule has 0 saturated carbocycles. The zero-order valence-electron chi connectivity index (χ0n) is 6.28. The van der Waals surface area contributed by atoms with Crippen LogP contribution in [-0.4, -0.2) is 9.55 Å². The molecule has 0 fully saturated rings. The van der Waals surface area contributed by atoms with Crippen molar-refractivity contribution in [1.29, 1.82) is 0 Å². The molecule has 3 nitrogen and oxygen atoms in total. The highest BCUT2D eigenvalue weighted by molar-refractivity contribution is 5.88. The Kier molecular flexibility index (Phi) is 1.12. The molecule has 3 heteroatoms. The lowest BCUT2D eigenvalue weighted by atomic mass is 10.3. The van der Waals surface area contributed by atoms with Crippen LogP contribution in [0.4, 0.5) is 5.82 Å². The molecule has 2 heterocycles. The van der Waals surface area contributed by atoms with E-state index in [1.54, 1.807) is 6.20 Å². The van der Waals surface area contributed by atoms with Gasteiger partial charge in [-0.2, -0.15) is 0 Å². The van der Waals surface area contributed by atoms with E-state index < -0.39 is 0 Å². The van der Waals surface area contributed by atoms with E-state index in [1.165, 1.54) is 0 Å². The van der Waals surface area contributed by atoms with Crippen molar-refractivity contribution in [3.8, 4) is 0 Å². The van der Waals surface area contributed by atoms with Gasteiger partial charge in [0.1, 0.15) is 5.82 Å². The molecule has 0 aliphatic heterocycles. The largest absolute Gasteiger partial charge is 0.383 e. The summed E-state index contributed by atoms with van der Waals surface area (Å²) in [5.74, 6) is 0.600. The van der Waals surface area contributed by atoms with Gasteiger partial charge in [-0.05, 0) is 12.1 Å². The number of hydrogen-bond donors (Lipinski definition) is 1. The number of aryl methyl sites for hydroxylation is 1. The van der Waals surface area contributed by atoms with Gasteiger partial charge in [-0.15, -0.1) is 0 Å². The minimum absolute atomic E-state index is 0.600. The highest BCUT2D eigenvalue weighted by Gasteiger charge is 1.99. The summed E-state index contributed by atoms with van der Waals surface area (Å²) in [5.41, 5.74) is 6.77. The lowest BCUT2D eigenvalue weighted by Gasteiger charge is -1.96. The molecule has 2 aromatic rings. The molecular weight excluding hydrogens is 138 g/mol. The fourth-order valence-electron chi connectivity index (χ4n) is 1.22. The Labute approximate surface area is 64.5 Å². The van der Waals surface area contributed by atoms with Gasteiger partial charge >= 0.3 is 0 Å². The van der Waals surface area contributed by atoms with Crippen LogP contribution < -0.4 is 5.73 Å². The third kappa shape index (κ3) is 0.774. The molecule has 0 saturated heterocycles. The van der Waals surface area contributed by atoms with Crippen LogP contribution >= 0.6 is 0 Å². The summed E-state index contributed by atoms with van der Waals surface area (Å²) in [6.45, 7) is 0. The lowest BCUT2D eigenvalue weighted by molar-refractivity contribution is 0.968. The standard InChI is InChI=1S/C8H9N3/c1-11-5-3-6-7(11)2-4-10-8(6)9/h2-5H,1H3,(H2,9,10). The van der Waals surface area contributed by atoms with Crippen LogP contribution in [0.1, 0.15) is 0 Å². The number of fused-ring (bicyclic) bond motifs is 1. The maximum absolute atomic E-state index is 5.65. The van der Waals surface area contributed by atoms with E-state index in [0.717, 1.165) is 10.9 Å². The second-order valence-corrected chi connectivity index (χ2v) is 2.56. The monoisotopic (exact) mass is 147 g/mol. The van der Waals surface area contributed by atoms with E-state index in [2.05, 4.69) is 4.98 Å². The highest BCUT2D eigenvalue weighted by atomic mass is 14.9. The van der Waals surface area contributed by atoms with Gasteiger partial charge < -0.3 is 10.3 Å². The van der Waals surface area contributed by atoms with Gasteiger partial charge in [0.25, 0.3) is 0 Å². The Bertz CT molecular complexity index is 389. The summed E-state index contributed by atoms with van der Waals surface area (Å²) in [5, 5.41) is 1.02. The smallest absolute Gasteiger partial charge is 0.132 e. The Morgan fingerprint density at radius 1 is 1.45 bits per heavy atom. The zero-order valence-corrected chi connectivity index (χ0v) is 6.28. The average molecular weight is 147 g/mol. The molecule has 0 spiro atoms. The fourth-order valence-corrected chi connectivity index (χ4v) is 1.22. The van der Waals surface area contributed by atoms with Crippen molar-refractivity contribution in [2.75, 3.05) is 5.73 Å². The van der Waals surface area contributed by atoms with Gasteiger partial charge in [0.05, 0.1) is 5.52 Å². The molecular formula is C8H9N3. The first-order chi connectivity index (χ1) is 5.29. The third-order valence-corrected chi connectivity index (χ3v) is 1.84. The molecule has 2 N–H and O–H groups in total. The number of rotatable bonds is 0. The predicted octanol–water partition coefficient (Wildman–Crippen LogP) is 1.16. The number of nitrogens with zero attached hydrogens (tertiary/aromatic N) is 2. The number of hydrogen-bond acceptors (Lipinski definition) is 2. The van der Waals surface area contributed by atoms with E-state index in [0.29, 0.717) is 5.82 Å². The van der Waals surface area contributed by atoms with E-state index in [4.69, 9.17) is 5.73 Å². The lowest BCUT2D eigenvalue weighted by Crippen LogP contribution is -1.90. The molecule has 2 aromatic heterocycles. The molecule has 56 valence electrons. The molecule has 2 rings (SSSR count). The van der Waals surface area contributed by atoms with Crippen LogP contribution in [0.5, 0.6) is 0 Å². The zero-order chi connectivity index (χ0) is 7.84. The normalized spacial score (nSPS) is 10.6. The van der Waals surface area contributed by atoms with Crippen molar-refractivity contribution in [3.05, 3.63) is 24.5 Å². The van der Waals surface area contributed by atoms with Crippen molar-refractivity contribution in [1.82, 2.24) is 9.55 Å². The molecule has 0 aliphatic rings. The van der Waals surface area contributed by atoms with Crippen molar-refractivity contribution in [2.45, 2.75) is 0 Å². The van der Waals surface area contributed by atoms with Crippen LogP contribution in [0.25, 0.3) is 10.9 Å². The first-order valence-electron chi connectivity index (χ1n) is 3.44. The van der Waals surface area contributed by atoms with Gasteiger partial charge in [0.2, 0.25) is 0 Å². The maximum Gasteiger partial charge on any atom is 0.132 e. The summed E-state index contributed by atoms with van der Waals surface area (Å²) in [6, 6.07) is 3.92. The average Bonchev–Trinajstić information content (AvgIpc) is 2.35. The van der Waals surface area contributed by atoms with Crippen molar-refractivity contribution < 1.29 is 0 Å². The Balaban J connectivity index is 2.94. The van der Waals surface area contributed by atoms with Gasteiger partial charge in [-0.3, -0.25) is 0 Å². The molecule has 0 unspecified atom stereocenters. The number of nitrogen functional groups attached to an aromatic ring is 1. The van der Waals surface area contributed by atoms with Gasteiger partial charge in [-0.25, -0.2) is 4.98 Å². The molecule has 0 atom stereocenters. The van der Waals surface area contributed by atoms with E-state index in [-0.39, 0.29) is 0 Å². The highest BCUT2D eigenvalue weighted by Crippen LogP contribution is 2.17. The molecule has 0 aromatic carbocycles. The SMILES string of the molecule is Cn1ccc2c(N)nccc21. The topological polar surface area (TPSA) is 43.8 Å². The Morgan fingerprint density at radius 3 is 3.00 bits per heavy atom. The second-order valence-electron chi connectivity index (χ2n) is 2.56. The summed E-state index contributed by atoms with van der Waals surface area (Å²) in [6.07, 6.45) is 3.69. The minimum atomic E-state index is 0.600. The van der Waals surface area contributed by atoms with Crippen LogP contribution in [0.15, 0.2) is 24.5 Å². The van der Waals surface area contributed by atoms with Crippen LogP contribution in [0.2, 0.25) is 0 Å². The third-order valence-electron chi connectivity index (χ3n) is 1.84. The van der Waals surface area contributed by atoms with Crippen LogP contribution in [0.3, 0.4) is 0 Å². The van der Waals surface area contributed by atoms with Crippen molar-refractivity contribution in [3.63, 3.8) is 0 Å². The van der Waals surface area contributed by atoms with Crippen molar-refractivity contribution >= 4 is 16.7 Å². The Hall–Kier alpha value is -1.51. The Morgan fingerprint density at radius 2 is 2.27 bits per heavy atom. The first kappa shape index (κ1) is 6.22. The molecule has 0 radical (unpaired) electrons. The minimum Gasteiger partial charge on any atom is -0.383 e. The van der Waals surface area contributed by atoms with E-state index in [9.17, 15) is 0 Å². The fraction of sp³-hybridized carbons (Fsp3) is 0.125. The summed E-state index contributed by atoms with van der Waals surface area (Å²) in [7, 11) is 1.99. The number of anilines is 1. The first-order valence-corrected chi connectivity index (χ1v) is 3.44. The van der Waals surface area contributed by atoms with Gasteiger partial charge in [0.15, 0.2) is 0 Å². The van der Waals surface area contributed by atoms with Crippen LogP contribution in [0, 0.1) is 0 Å². The predicted molar refractivity (Wildman–Crippen MR) is 45.1 cm³/mol. The van der Waals surface area contributed by atoms with E-state index >= 15 is 0 Å². The second kappa shape index (κ2) is 1.99. The van der Waals surface area contributed by atoms with Gasteiger partial charge in [-0.1, -0.05) is 0 Å². The van der Waals surface area contributed by atoms with Crippen molar-refractivity contribution in [2.24, 2.45) is 7.05 Å². The summed E-state index contributed by atoms with van der Waals surface area (Å²) >= 11 is 0. The molecule has 11 heavy (non-hydrogen) atoms.